The average Bonchev–Trinajstić information content (AvgIpc) is 2.73. The van der Waals surface area contributed by atoms with Gasteiger partial charge >= 0.3 is 6.18 Å². The maximum atomic E-state index is 12.0. The summed E-state index contributed by atoms with van der Waals surface area (Å²) in [6, 6.07) is 0. The van der Waals surface area contributed by atoms with E-state index in [1.165, 1.54) is 0 Å². The zero-order valence-electron chi connectivity index (χ0n) is 12.6. The minimum Gasteiger partial charge on any atom is -0.381 e. The molecule has 1 atom stereocenters. The zero-order chi connectivity index (χ0) is 15.3. The maximum Gasteiger partial charge on any atom is 0.411 e. The predicted molar refractivity (Wildman–Crippen MR) is 71.7 cm³/mol. The molecule has 1 N–H and O–H groups in total. The van der Waals surface area contributed by atoms with Crippen LogP contribution in [0.4, 0.5) is 13.2 Å². The molecule has 20 heavy (non-hydrogen) atoms. The molecule has 3 nitrogen and oxygen atoms in total. The van der Waals surface area contributed by atoms with Gasteiger partial charge in [0.25, 0.3) is 0 Å². The fourth-order valence-corrected chi connectivity index (χ4v) is 2.26. The van der Waals surface area contributed by atoms with E-state index in [0.717, 1.165) is 26.0 Å². The van der Waals surface area contributed by atoms with Gasteiger partial charge in [-0.05, 0) is 40.0 Å². The van der Waals surface area contributed by atoms with Gasteiger partial charge in [0.2, 0.25) is 0 Å². The van der Waals surface area contributed by atoms with Crippen LogP contribution < -0.4 is 5.32 Å². The van der Waals surface area contributed by atoms with E-state index in [9.17, 15) is 13.2 Å². The average molecular weight is 297 g/mol. The van der Waals surface area contributed by atoms with Gasteiger partial charge in [0.1, 0.15) is 6.61 Å². The van der Waals surface area contributed by atoms with Crippen LogP contribution in [-0.2, 0) is 9.47 Å². The van der Waals surface area contributed by atoms with Crippen molar-refractivity contribution in [2.75, 3.05) is 33.0 Å². The summed E-state index contributed by atoms with van der Waals surface area (Å²) in [6.45, 7) is 7.53. The normalized spacial score (nSPS) is 24.3. The lowest BCUT2D eigenvalue weighted by Crippen LogP contribution is -2.44. The highest BCUT2D eigenvalue weighted by atomic mass is 19.4. The minimum atomic E-state index is -4.23. The van der Waals surface area contributed by atoms with Crippen molar-refractivity contribution in [2.45, 2.75) is 51.7 Å². The van der Waals surface area contributed by atoms with Crippen LogP contribution in [0.3, 0.4) is 0 Å². The van der Waals surface area contributed by atoms with Crippen LogP contribution in [-0.4, -0.2) is 44.7 Å². The van der Waals surface area contributed by atoms with Crippen molar-refractivity contribution in [3.8, 4) is 0 Å². The topological polar surface area (TPSA) is 30.5 Å². The fraction of sp³-hybridized carbons (Fsp3) is 1.00. The summed E-state index contributed by atoms with van der Waals surface area (Å²) in [7, 11) is 0. The van der Waals surface area contributed by atoms with Gasteiger partial charge in [-0.1, -0.05) is 0 Å². The van der Waals surface area contributed by atoms with Crippen LogP contribution in [0.2, 0.25) is 0 Å². The van der Waals surface area contributed by atoms with Crippen molar-refractivity contribution >= 4 is 0 Å². The molecule has 0 aromatic heterocycles. The van der Waals surface area contributed by atoms with E-state index < -0.39 is 12.8 Å². The number of hydrogen-bond donors (Lipinski definition) is 1. The maximum absolute atomic E-state index is 12.0. The quantitative estimate of drug-likeness (QED) is 0.732. The summed E-state index contributed by atoms with van der Waals surface area (Å²) in [6.07, 6.45) is -1.82. The first-order valence-electron chi connectivity index (χ1n) is 7.09. The van der Waals surface area contributed by atoms with Crippen LogP contribution >= 0.6 is 0 Å². The third-order valence-electron chi connectivity index (χ3n) is 3.44. The Bertz CT molecular complexity index is 281. The highest BCUT2D eigenvalue weighted by molar-refractivity contribution is 4.87. The standard InChI is InChI=1S/C14H26F3NO2/c1-12(2,3)18-9-13(6-8-20-10-13)5-4-7-19-11-14(15,16)17/h18H,4-11H2,1-3H3. The molecule has 1 saturated heterocycles. The molecule has 0 aromatic carbocycles. The van der Waals surface area contributed by atoms with Crippen molar-refractivity contribution < 1.29 is 22.6 Å². The van der Waals surface area contributed by atoms with E-state index in [1.54, 1.807) is 0 Å². The zero-order valence-corrected chi connectivity index (χ0v) is 12.6. The molecular weight excluding hydrogens is 271 g/mol. The molecular formula is C14H26F3NO2. The van der Waals surface area contributed by atoms with E-state index in [2.05, 4.69) is 30.8 Å². The number of ether oxygens (including phenoxy) is 2. The highest BCUT2D eigenvalue weighted by Gasteiger charge is 2.35. The van der Waals surface area contributed by atoms with Crippen LogP contribution in [0.5, 0.6) is 0 Å². The molecule has 6 heteroatoms. The van der Waals surface area contributed by atoms with Gasteiger partial charge in [-0.15, -0.1) is 0 Å². The molecule has 1 aliphatic rings. The fourth-order valence-electron chi connectivity index (χ4n) is 2.26. The second kappa shape index (κ2) is 7.09. The van der Waals surface area contributed by atoms with Crippen LogP contribution in [0.25, 0.3) is 0 Å². The van der Waals surface area contributed by atoms with Crippen LogP contribution in [0, 0.1) is 5.41 Å². The molecule has 1 fully saturated rings. The molecule has 0 saturated carbocycles. The first kappa shape index (κ1) is 17.7. The van der Waals surface area contributed by atoms with Gasteiger partial charge in [-0.3, -0.25) is 0 Å². The van der Waals surface area contributed by atoms with Gasteiger partial charge in [0.15, 0.2) is 0 Å². The first-order chi connectivity index (χ1) is 9.12. The van der Waals surface area contributed by atoms with Gasteiger partial charge in [0.05, 0.1) is 6.61 Å². The van der Waals surface area contributed by atoms with E-state index in [4.69, 9.17) is 4.74 Å². The number of hydrogen-bond acceptors (Lipinski definition) is 3. The molecule has 0 aliphatic carbocycles. The Morgan fingerprint density at radius 3 is 2.45 bits per heavy atom. The Hall–Kier alpha value is -0.330. The van der Waals surface area contributed by atoms with E-state index >= 15 is 0 Å². The molecule has 1 heterocycles. The van der Waals surface area contributed by atoms with Crippen molar-refractivity contribution in [3.63, 3.8) is 0 Å². The molecule has 120 valence electrons. The molecule has 0 radical (unpaired) electrons. The van der Waals surface area contributed by atoms with Crippen LogP contribution in [0.15, 0.2) is 0 Å². The monoisotopic (exact) mass is 297 g/mol. The van der Waals surface area contributed by atoms with Gasteiger partial charge in [0, 0.05) is 30.7 Å². The Kier molecular flexibility index (Phi) is 6.28. The van der Waals surface area contributed by atoms with Crippen molar-refractivity contribution in [3.05, 3.63) is 0 Å². The van der Waals surface area contributed by atoms with Gasteiger partial charge in [-0.25, -0.2) is 0 Å². The van der Waals surface area contributed by atoms with E-state index in [0.29, 0.717) is 13.0 Å². The summed E-state index contributed by atoms with van der Waals surface area (Å²) in [5, 5.41) is 3.47. The van der Waals surface area contributed by atoms with Crippen LogP contribution in [0.1, 0.15) is 40.0 Å². The lowest BCUT2D eigenvalue weighted by atomic mass is 9.82. The Balaban J connectivity index is 2.29. The summed E-state index contributed by atoms with van der Waals surface area (Å²) in [5.74, 6) is 0. The lowest BCUT2D eigenvalue weighted by Gasteiger charge is -2.32. The van der Waals surface area contributed by atoms with E-state index in [-0.39, 0.29) is 17.6 Å². The Morgan fingerprint density at radius 1 is 1.25 bits per heavy atom. The Morgan fingerprint density at radius 2 is 1.95 bits per heavy atom. The highest BCUT2D eigenvalue weighted by Crippen LogP contribution is 2.33. The lowest BCUT2D eigenvalue weighted by molar-refractivity contribution is -0.174. The minimum absolute atomic E-state index is 0.0301. The van der Waals surface area contributed by atoms with Crippen molar-refractivity contribution in [2.24, 2.45) is 5.41 Å². The van der Waals surface area contributed by atoms with Gasteiger partial charge < -0.3 is 14.8 Å². The number of alkyl halides is 3. The Labute approximate surface area is 119 Å². The second-order valence-electron chi connectivity index (χ2n) is 6.68. The van der Waals surface area contributed by atoms with Crippen molar-refractivity contribution in [1.82, 2.24) is 5.32 Å². The van der Waals surface area contributed by atoms with Crippen molar-refractivity contribution in [1.29, 1.82) is 0 Å². The molecule has 0 spiro atoms. The third-order valence-corrected chi connectivity index (χ3v) is 3.44. The number of halogens is 3. The molecule has 1 aliphatic heterocycles. The molecule has 0 aromatic rings. The second-order valence-corrected chi connectivity index (χ2v) is 6.68. The SMILES string of the molecule is CC(C)(C)NCC1(CCCOCC(F)(F)F)CCOC1. The molecule has 0 bridgehead atoms. The smallest absolute Gasteiger partial charge is 0.381 e. The molecule has 1 rings (SSSR count). The largest absolute Gasteiger partial charge is 0.411 e. The molecule has 0 amide bonds. The molecule has 1 unspecified atom stereocenters. The van der Waals surface area contributed by atoms with E-state index in [1.807, 2.05) is 0 Å². The first-order valence-corrected chi connectivity index (χ1v) is 7.09. The number of rotatable bonds is 7. The third kappa shape index (κ3) is 7.45. The summed E-state index contributed by atoms with van der Waals surface area (Å²) in [4.78, 5) is 0. The number of nitrogens with one attached hydrogen (secondary N) is 1. The summed E-state index contributed by atoms with van der Waals surface area (Å²) >= 11 is 0. The van der Waals surface area contributed by atoms with Gasteiger partial charge in [-0.2, -0.15) is 13.2 Å². The summed E-state index contributed by atoms with van der Waals surface area (Å²) < 4.78 is 46.0. The summed E-state index contributed by atoms with van der Waals surface area (Å²) in [5.41, 5.74) is 0.0667. The predicted octanol–water partition coefficient (Wildman–Crippen LogP) is 3.14.